The van der Waals surface area contributed by atoms with Crippen LogP contribution in [-0.4, -0.2) is 21.4 Å². The van der Waals surface area contributed by atoms with Crippen LogP contribution in [0.5, 0.6) is 5.75 Å². The number of anilines is 1. The summed E-state index contributed by atoms with van der Waals surface area (Å²) >= 11 is 7.10. The maximum Gasteiger partial charge on any atom is 0.277 e. The quantitative estimate of drug-likeness (QED) is 0.317. The standard InChI is InChI=1S/C24H20ClN3O3S/c1-16(32-24-28-27-23(31-24)18-7-9-19(25)10-8-18)22(29)26-20-11-13-21(14-12-20)30-15-17-5-3-2-4-6-17/h2-14,16H,15H2,1H3,(H,26,29)/t16-/m1/s1. The number of hydrogen-bond donors (Lipinski definition) is 1. The molecule has 0 aliphatic carbocycles. The van der Waals surface area contributed by atoms with Crippen molar-refractivity contribution in [3.05, 3.63) is 89.4 Å². The number of benzene rings is 3. The number of carbonyl (C=O) groups is 1. The Morgan fingerprint density at radius 2 is 1.75 bits per heavy atom. The highest BCUT2D eigenvalue weighted by molar-refractivity contribution is 8.00. The Hall–Kier alpha value is -3.29. The molecule has 0 saturated carbocycles. The monoisotopic (exact) mass is 465 g/mol. The minimum atomic E-state index is -0.428. The molecule has 0 aliphatic rings. The van der Waals surface area contributed by atoms with Crippen LogP contribution in [0.25, 0.3) is 11.5 Å². The van der Waals surface area contributed by atoms with Crippen LogP contribution in [0.3, 0.4) is 0 Å². The SMILES string of the molecule is C[C@@H](Sc1nnc(-c2ccc(Cl)cc2)o1)C(=O)Nc1ccc(OCc2ccccc2)cc1. The molecular weight excluding hydrogens is 446 g/mol. The molecule has 1 amide bonds. The molecule has 0 saturated heterocycles. The second kappa shape index (κ2) is 10.3. The summed E-state index contributed by atoms with van der Waals surface area (Å²) in [5.74, 6) is 0.942. The van der Waals surface area contributed by atoms with Crippen molar-refractivity contribution in [2.24, 2.45) is 0 Å². The molecule has 8 heteroatoms. The van der Waals surface area contributed by atoms with E-state index >= 15 is 0 Å². The van der Waals surface area contributed by atoms with Crippen molar-refractivity contribution in [1.82, 2.24) is 10.2 Å². The summed E-state index contributed by atoms with van der Waals surface area (Å²) < 4.78 is 11.4. The van der Waals surface area contributed by atoms with Crippen molar-refractivity contribution in [1.29, 1.82) is 0 Å². The van der Waals surface area contributed by atoms with Gasteiger partial charge in [0.15, 0.2) is 0 Å². The van der Waals surface area contributed by atoms with Gasteiger partial charge in [0.05, 0.1) is 5.25 Å². The van der Waals surface area contributed by atoms with Crippen LogP contribution in [-0.2, 0) is 11.4 Å². The van der Waals surface area contributed by atoms with Gasteiger partial charge in [-0.05, 0) is 61.0 Å². The second-order valence-corrected chi connectivity index (χ2v) is 8.66. The average Bonchev–Trinajstić information content (AvgIpc) is 3.28. The number of nitrogens with zero attached hydrogens (tertiary/aromatic N) is 2. The fraction of sp³-hybridized carbons (Fsp3) is 0.125. The first-order valence-electron chi connectivity index (χ1n) is 9.90. The van der Waals surface area contributed by atoms with Crippen molar-refractivity contribution in [2.45, 2.75) is 24.0 Å². The van der Waals surface area contributed by atoms with E-state index in [1.165, 1.54) is 11.8 Å². The van der Waals surface area contributed by atoms with Crippen LogP contribution < -0.4 is 10.1 Å². The first-order valence-corrected chi connectivity index (χ1v) is 11.2. The summed E-state index contributed by atoms with van der Waals surface area (Å²) in [6, 6.07) is 24.3. The Bertz CT molecular complexity index is 1170. The minimum absolute atomic E-state index is 0.167. The number of aromatic nitrogens is 2. The Labute approximate surface area is 195 Å². The number of ether oxygens (including phenoxy) is 1. The lowest BCUT2D eigenvalue weighted by molar-refractivity contribution is -0.115. The molecular formula is C24H20ClN3O3S. The summed E-state index contributed by atoms with van der Waals surface area (Å²) in [6.45, 7) is 2.27. The third kappa shape index (κ3) is 5.90. The van der Waals surface area contributed by atoms with Gasteiger partial charge >= 0.3 is 0 Å². The van der Waals surface area contributed by atoms with Crippen LogP contribution >= 0.6 is 23.4 Å². The lowest BCUT2D eigenvalue weighted by atomic mass is 10.2. The van der Waals surface area contributed by atoms with Crippen LogP contribution in [0.15, 0.2) is 88.5 Å². The van der Waals surface area contributed by atoms with Gasteiger partial charge in [-0.3, -0.25) is 4.79 Å². The van der Waals surface area contributed by atoms with Gasteiger partial charge in [0, 0.05) is 16.3 Å². The Kier molecular flexibility index (Phi) is 7.09. The van der Waals surface area contributed by atoms with Crippen molar-refractivity contribution < 1.29 is 13.9 Å². The van der Waals surface area contributed by atoms with E-state index in [9.17, 15) is 4.79 Å². The molecule has 0 fully saturated rings. The zero-order valence-corrected chi connectivity index (χ0v) is 18.8. The lowest BCUT2D eigenvalue weighted by Crippen LogP contribution is -2.22. The predicted molar refractivity (Wildman–Crippen MR) is 126 cm³/mol. The third-order valence-corrected chi connectivity index (χ3v) is 5.70. The maximum atomic E-state index is 12.6. The summed E-state index contributed by atoms with van der Waals surface area (Å²) in [7, 11) is 0. The zero-order valence-electron chi connectivity index (χ0n) is 17.2. The van der Waals surface area contributed by atoms with Gasteiger partial charge in [-0.25, -0.2) is 0 Å². The predicted octanol–water partition coefficient (Wildman–Crippen LogP) is 6.09. The van der Waals surface area contributed by atoms with Crippen LogP contribution in [0.1, 0.15) is 12.5 Å². The van der Waals surface area contributed by atoms with E-state index in [-0.39, 0.29) is 5.91 Å². The van der Waals surface area contributed by atoms with Crippen molar-refractivity contribution >= 4 is 35.0 Å². The second-order valence-electron chi connectivity index (χ2n) is 6.93. The van der Waals surface area contributed by atoms with Crippen molar-refractivity contribution in [3.63, 3.8) is 0 Å². The van der Waals surface area contributed by atoms with E-state index in [1.54, 1.807) is 43.3 Å². The van der Waals surface area contributed by atoms with Crippen LogP contribution in [0, 0.1) is 0 Å². The van der Waals surface area contributed by atoms with Gasteiger partial charge in [-0.2, -0.15) is 0 Å². The van der Waals surface area contributed by atoms with Gasteiger partial charge < -0.3 is 14.5 Å². The smallest absolute Gasteiger partial charge is 0.277 e. The number of amides is 1. The molecule has 0 radical (unpaired) electrons. The normalized spacial score (nSPS) is 11.7. The molecule has 0 unspecified atom stereocenters. The molecule has 1 N–H and O–H groups in total. The van der Waals surface area contributed by atoms with E-state index < -0.39 is 5.25 Å². The van der Waals surface area contributed by atoms with Crippen molar-refractivity contribution in [3.8, 4) is 17.2 Å². The lowest BCUT2D eigenvalue weighted by Gasteiger charge is -2.11. The van der Waals surface area contributed by atoms with Crippen LogP contribution in [0.2, 0.25) is 5.02 Å². The van der Waals surface area contributed by atoms with E-state index in [0.29, 0.717) is 28.4 Å². The Morgan fingerprint density at radius 3 is 2.47 bits per heavy atom. The summed E-state index contributed by atoms with van der Waals surface area (Å²) in [6.07, 6.45) is 0. The molecule has 162 valence electrons. The molecule has 0 bridgehead atoms. The van der Waals surface area contributed by atoms with Gasteiger partial charge in [-0.15, -0.1) is 10.2 Å². The number of nitrogens with one attached hydrogen (secondary N) is 1. The molecule has 4 rings (SSSR count). The first kappa shape index (κ1) is 21.9. The van der Waals surface area contributed by atoms with Gasteiger partial charge in [-0.1, -0.05) is 53.7 Å². The molecule has 1 heterocycles. The molecule has 4 aromatic rings. The Morgan fingerprint density at radius 1 is 1.03 bits per heavy atom. The maximum absolute atomic E-state index is 12.6. The molecule has 32 heavy (non-hydrogen) atoms. The fourth-order valence-electron chi connectivity index (χ4n) is 2.79. The number of rotatable bonds is 8. The average molecular weight is 466 g/mol. The van der Waals surface area contributed by atoms with Gasteiger partial charge in [0.1, 0.15) is 12.4 Å². The minimum Gasteiger partial charge on any atom is -0.489 e. The number of halogens is 1. The highest BCUT2D eigenvalue weighted by Gasteiger charge is 2.19. The van der Waals surface area contributed by atoms with E-state index in [4.69, 9.17) is 20.8 Å². The van der Waals surface area contributed by atoms with E-state index in [2.05, 4.69) is 15.5 Å². The largest absolute Gasteiger partial charge is 0.489 e. The van der Waals surface area contributed by atoms with E-state index in [1.807, 2.05) is 42.5 Å². The molecule has 6 nitrogen and oxygen atoms in total. The highest BCUT2D eigenvalue weighted by Crippen LogP contribution is 2.27. The summed E-state index contributed by atoms with van der Waals surface area (Å²) in [5.41, 5.74) is 2.54. The van der Waals surface area contributed by atoms with Crippen molar-refractivity contribution in [2.75, 3.05) is 5.32 Å². The number of carbonyl (C=O) groups excluding carboxylic acids is 1. The molecule has 1 aromatic heterocycles. The van der Waals surface area contributed by atoms with Crippen LogP contribution in [0.4, 0.5) is 5.69 Å². The van der Waals surface area contributed by atoms with Gasteiger partial charge in [0.25, 0.3) is 5.22 Å². The zero-order chi connectivity index (χ0) is 22.3. The first-order chi connectivity index (χ1) is 15.6. The molecule has 0 spiro atoms. The highest BCUT2D eigenvalue weighted by atomic mass is 35.5. The van der Waals surface area contributed by atoms with E-state index in [0.717, 1.165) is 16.9 Å². The molecule has 3 aromatic carbocycles. The fourth-order valence-corrected chi connectivity index (χ4v) is 3.60. The number of hydrogen-bond acceptors (Lipinski definition) is 6. The van der Waals surface area contributed by atoms with Gasteiger partial charge in [0.2, 0.25) is 11.8 Å². The topological polar surface area (TPSA) is 77.2 Å². The third-order valence-electron chi connectivity index (χ3n) is 4.51. The molecule has 0 aliphatic heterocycles. The number of thioether (sulfide) groups is 1. The summed E-state index contributed by atoms with van der Waals surface area (Å²) in [5, 5.41) is 11.5. The molecule has 1 atom stereocenters. The summed E-state index contributed by atoms with van der Waals surface area (Å²) in [4.78, 5) is 12.6. The Balaban J connectivity index is 1.29.